The first-order valence-electron chi connectivity index (χ1n) is 5.54. The van der Waals surface area contributed by atoms with Gasteiger partial charge >= 0.3 is 0 Å². The van der Waals surface area contributed by atoms with Gasteiger partial charge in [0.05, 0.1) is 6.54 Å². The molecule has 17 heavy (non-hydrogen) atoms. The monoisotopic (exact) mass is 258 g/mol. The Morgan fingerprint density at radius 3 is 2.94 bits per heavy atom. The first-order chi connectivity index (χ1) is 8.13. The van der Waals surface area contributed by atoms with Crippen LogP contribution in [0.2, 0.25) is 5.02 Å². The average Bonchev–Trinajstić information content (AvgIpc) is 2.31. The second kappa shape index (κ2) is 7.25. The van der Waals surface area contributed by atoms with E-state index < -0.39 is 0 Å². The molecule has 1 rings (SSSR count). The predicted molar refractivity (Wildman–Crippen MR) is 66.4 cm³/mol. The third-order valence-electron chi connectivity index (χ3n) is 2.18. The number of halogens is 2. The van der Waals surface area contributed by atoms with Gasteiger partial charge in [-0.1, -0.05) is 18.5 Å². The fourth-order valence-corrected chi connectivity index (χ4v) is 1.51. The zero-order valence-corrected chi connectivity index (χ0v) is 10.5. The van der Waals surface area contributed by atoms with Gasteiger partial charge in [-0.25, -0.2) is 4.39 Å². The van der Waals surface area contributed by atoms with Crippen LogP contribution in [0.5, 0.6) is 0 Å². The van der Waals surface area contributed by atoms with E-state index in [1.807, 2.05) is 6.92 Å². The summed E-state index contributed by atoms with van der Waals surface area (Å²) in [5, 5.41) is 6.08. The molecule has 0 saturated heterocycles. The first kappa shape index (κ1) is 13.9. The molecule has 0 bridgehead atoms. The molecular formula is C12H16ClFN2O. The van der Waals surface area contributed by atoms with E-state index in [0.29, 0.717) is 17.1 Å². The number of amides is 1. The van der Waals surface area contributed by atoms with E-state index in [4.69, 9.17) is 11.6 Å². The normalized spacial score (nSPS) is 10.3. The molecule has 0 atom stereocenters. The molecule has 0 aliphatic rings. The van der Waals surface area contributed by atoms with E-state index in [2.05, 4.69) is 10.6 Å². The van der Waals surface area contributed by atoms with Gasteiger partial charge < -0.3 is 10.6 Å². The quantitative estimate of drug-likeness (QED) is 0.820. The van der Waals surface area contributed by atoms with Crippen LogP contribution in [0.15, 0.2) is 18.2 Å². The van der Waals surface area contributed by atoms with Crippen LogP contribution in [0.3, 0.4) is 0 Å². The number of nitrogens with one attached hydrogen (secondary N) is 2. The summed E-state index contributed by atoms with van der Waals surface area (Å²) in [6.45, 7) is 3.10. The topological polar surface area (TPSA) is 41.1 Å². The molecular weight excluding hydrogens is 243 g/mol. The summed E-state index contributed by atoms with van der Waals surface area (Å²) in [7, 11) is 0. The minimum absolute atomic E-state index is 0.0886. The fourth-order valence-electron chi connectivity index (χ4n) is 1.32. The van der Waals surface area contributed by atoms with Crippen molar-refractivity contribution in [2.24, 2.45) is 0 Å². The van der Waals surface area contributed by atoms with Crippen LogP contribution < -0.4 is 10.6 Å². The molecule has 0 radical (unpaired) electrons. The van der Waals surface area contributed by atoms with Gasteiger partial charge in [-0.05, 0) is 24.6 Å². The lowest BCUT2D eigenvalue weighted by molar-refractivity contribution is -0.120. The van der Waals surface area contributed by atoms with Crippen molar-refractivity contribution in [3.8, 4) is 0 Å². The van der Waals surface area contributed by atoms with Crippen molar-refractivity contribution in [2.45, 2.75) is 19.9 Å². The fraction of sp³-hybridized carbons (Fsp3) is 0.417. The van der Waals surface area contributed by atoms with Crippen LogP contribution in [0, 0.1) is 5.82 Å². The molecule has 3 nitrogen and oxygen atoms in total. The van der Waals surface area contributed by atoms with Crippen LogP contribution >= 0.6 is 11.6 Å². The second-order valence-electron chi connectivity index (χ2n) is 3.69. The summed E-state index contributed by atoms with van der Waals surface area (Å²) in [4.78, 5) is 11.3. The molecule has 0 saturated carbocycles. The number of carbonyl (C=O) groups is 1. The van der Waals surface area contributed by atoms with Gasteiger partial charge in [0.15, 0.2) is 0 Å². The van der Waals surface area contributed by atoms with Crippen LogP contribution in [-0.2, 0) is 11.3 Å². The lowest BCUT2D eigenvalue weighted by Gasteiger charge is -2.07. The lowest BCUT2D eigenvalue weighted by Crippen LogP contribution is -2.34. The minimum atomic E-state index is -0.323. The van der Waals surface area contributed by atoms with Crippen molar-refractivity contribution >= 4 is 17.5 Å². The van der Waals surface area contributed by atoms with Crippen LogP contribution in [0.4, 0.5) is 4.39 Å². The third kappa shape index (κ3) is 5.15. The highest BCUT2D eigenvalue weighted by molar-refractivity contribution is 6.30. The van der Waals surface area contributed by atoms with E-state index in [1.165, 1.54) is 12.1 Å². The summed E-state index contributed by atoms with van der Waals surface area (Å²) < 4.78 is 13.3. The Bertz CT molecular complexity index is 385. The average molecular weight is 259 g/mol. The summed E-state index contributed by atoms with van der Waals surface area (Å²) in [6.07, 6.45) is 0.897. The van der Waals surface area contributed by atoms with Crippen molar-refractivity contribution in [3.63, 3.8) is 0 Å². The molecule has 0 aliphatic carbocycles. The van der Waals surface area contributed by atoms with Crippen LogP contribution in [0.25, 0.3) is 0 Å². The smallest absolute Gasteiger partial charge is 0.233 e. The van der Waals surface area contributed by atoms with Crippen molar-refractivity contribution in [1.29, 1.82) is 0 Å². The van der Waals surface area contributed by atoms with Gasteiger partial charge in [0.1, 0.15) is 5.82 Å². The maximum Gasteiger partial charge on any atom is 0.233 e. The van der Waals surface area contributed by atoms with Gasteiger partial charge in [-0.3, -0.25) is 4.79 Å². The predicted octanol–water partition coefficient (Wildman–Crippen LogP) is 2.09. The highest BCUT2D eigenvalue weighted by atomic mass is 35.5. The number of rotatable bonds is 6. The number of carbonyl (C=O) groups excluding carboxylic acids is 1. The molecule has 94 valence electrons. The molecule has 0 unspecified atom stereocenters. The SMILES string of the molecule is CCCNC(=O)CNCc1cc(Cl)ccc1F. The largest absolute Gasteiger partial charge is 0.355 e. The molecule has 0 aliphatic heterocycles. The van der Waals surface area contributed by atoms with Crippen LogP contribution in [-0.4, -0.2) is 19.0 Å². The van der Waals surface area contributed by atoms with E-state index >= 15 is 0 Å². The zero-order chi connectivity index (χ0) is 12.7. The summed E-state index contributed by atoms with van der Waals surface area (Å²) >= 11 is 5.75. The Hall–Kier alpha value is -1.13. The highest BCUT2D eigenvalue weighted by Gasteiger charge is 2.04. The van der Waals surface area contributed by atoms with Gasteiger partial charge in [0, 0.05) is 23.7 Å². The summed E-state index contributed by atoms with van der Waals surface area (Å²) in [5.74, 6) is -0.412. The Morgan fingerprint density at radius 1 is 1.47 bits per heavy atom. The van der Waals surface area contributed by atoms with E-state index in [0.717, 1.165) is 6.42 Å². The Balaban J connectivity index is 2.35. The maximum absolute atomic E-state index is 13.3. The second-order valence-corrected chi connectivity index (χ2v) is 4.13. The van der Waals surface area contributed by atoms with Crippen molar-refractivity contribution in [3.05, 3.63) is 34.6 Å². The maximum atomic E-state index is 13.3. The van der Waals surface area contributed by atoms with E-state index in [1.54, 1.807) is 6.07 Å². The molecule has 0 fully saturated rings. The van der Waals surface area contributed by atoms with Gasteiger partial charge in [-0.15, -0.1) is 0 Å². The summed E-state index contributed by atoms with van der Waals surface area (Å²) in [6, 6.07) is 4.36. The van der Waals surface area contributed by atoms with Crippen LogP contribution in [0.1, 0.15) is 18.9 Å². The first-order valence-corrected chi connectivity index (χ1v) is 5.92. The molecule has 0 aromatic heterocycles. The van der Waals surface area contributed by atoms with Gasteiger partial charge in [0.25, 0.3) is 0 Å². The number of hydrogen-bond acceptors (Lipinski definition) is 2. The van der Waals surface area contributed by atoms with Crippen molar-refractivity contribution < 1.29 is 9.18 Å². The van der Waals surface area contributed by atoms with E-state index in [9.17, 15) is 9.18 Å². The third-order valence-corrected chi connectivity index (χ3v) is 2.42. The highest BCUT2D eigenvalue weighted by Crippen LogP contribution is 2.14. The molecule has 1 aromatic carbocycles. The lowest BCUT2D eigenvalue weighted by atomic mass is 10.2. The summed E-state index contributed by atoms with van der Waals surface area (Å²) in [5.41, 5.74) is 0.459. The minimum Gasteiger partial charge on any atom is -0.355 e. The number of hydrogen-bond donors (Lipinski definition) is 2. The molecule has 5 heteroatoms. The zero-order valence-electron chi connectivity index (χ0n) is 9.72. The molecule has 2 N–H and O–H groups in total. The standard InChI is InChI=1S/C12H16ClFN2O/c1-2-5-16-12(17)8-15-7-9-6-10(13)3-4-11(9)14/h3-4,6,15H,2,5,7-8H2,1H3,(H,16,17). The van der Waals surface area contributed by atoms with E-state index in [-0.39, 0.29) is 24.8 Å². The Kier molecular flexibility index (Phi) is 5.94. The molecule has 0 spiro atoms. The van der Waals surface area contributed by atoms with Crippen molar-refractivity contribution in [2.75, 3.05) is 13.1 Å². The number of benzene rings is 1. The Morgan fingerprint density at radius 2 is 2.24 bits per heavy atom. The van der Waals surface area contributed by atoms with Gasteiger partial charge in [0.2, 0.25) is 5.91 Å². The van der Waals surface area contributed by atoms with Gasteiger partial charge in [-0.2, -0.15) is 0 Å². The molecule has 1 aromatic rings. The molecule has 1 amide bonds. The Labute approximate surface area is 105 Å². The van der Waals surface area contributed by atoms with Crippen molar-refractivity contribution in [1.82, 2.24) is 10.6 Å². The molecule has 0 heterocycles.